The van der Waals surface area contributed by atoms with E-state index in [1.807, 2.05) is 24.3 Å². The molecule has 4 rings (SSSR count). The first-order chi connectivity index (χ1) is 13.9. The number of carbonyl (C=O) groups is 1. The van der Waals surface area contributed by atoms with Crippen molar-refractivity contribution in [2.45, 2.75) is 10.1 Å². The number of aromatic nitrogens is 1. The molecule has 1 aromatic heterocycles. The van der Waals surface area contributed by atoms with Crippen molar-refractivity contribution in [2.24, 2.45) is 0 Å². The van der Waals surface area contributed by atoms with Crippen LogP contribution in [0.5, 0.6) is 0 Å². The van der Waals surface area contributed by atoms with E-state index in [9.17, 15) is 13.2 Å². The standard InChI is InChI=1S/C19H18ClN3O4S2/c20-14-5-1-4-8-17(14)29(25,26)23-11-9-22(10-12-23)18(24)13-28-19-21-15-6-2-3-7-16(15)27-19/h1-8H,9-13H2. The van der Waals surface area contributed by atoms with Gasteiger partial charge in [0.1, 0.15) is 10.4 Å². The number of piperazine rings is 1. The molecular weight excluding hydrogens is 434 g/mol. The minimum atomic E-state index is -3.68. The quantitative estimate of drug-likeness (QED) is 0.554. The minimum Gasteiger partial charge on any atom is -0.431 e. The lowest BCUT2D eigenvalue weighted by Gasteiger charge is -2.34. The first-order valence-electron chi connectivity index (χ1n) is 8.96. The zero-order chi connectivity index (χ0) is 20.4. The lowest BCUT2D eigenvalue weighted by molar-refractivity contribution is -0.129. The number of amides is 1. The molecule has 1 fully saturated rings. The van der Waals surface area contributed by atoms with Crippen molar-refractivity contribution >= 4 is 50.4 Å². The topological polar surface area (TPSA) is 83.7 Å². The number of benzene rings is 2. The molecule has 0 N–H and O–H groups in total. The van der Waals surface area contributed by atoms with Gasteiger partial charge in [0.2, 0.25) is 15.9 Å². The summed E-state index contributed by atoms with van der Waals surface area (Å²) in [4.78, 5) is 18.6. The Morgan fingerprint density at radius 2 is 1.76 bits per heavy atom. The lowest BCUT2D eigenvalue weighted by Crippen LogP contribution is -2.51. The Morgan fingerprint density at radius 1 is 1.07 bits per heavy atom. The van der Waals surface area contributed by atoms with Crippen LogP contribution in [0, 0.1) is 0 Å². The van der Waals surface area contributed by atoms with Crippen LogP contribution >= 0.6 is 23.4 Å². The van der Waals surface area contributed by atoms with Crippen LogP contribution < -0.4 is 0 Å². The number of hydrogen-bond acceptors (Lipinski definition) is 6. The van der Waals surface area contributed by atoms with Crippen molar-refractivity contribution in [3.05, 3.63) is 53.6 Å². The number of hydrogen-bond donors (Lipinski definition) is 0. The monoisotopic (exact) mass is 451 g/mol. The Kier molecular flexibility index (Phi) is 5.82. The Hall–Kier alpha value is -2.07. The maximum atomic E-state index is 12.8. The molecule has 10 heteroatoms. The fourth-order valence-corrected chi connectivity index (χ4v) is 5.75. The highest BCUT2D eigenvalue weighted by atomic mass is 35.5. The molecular formula is C19H18ClN3O4S2. The van der Waals surface area contributed by atoms with Crippen LogP contribution in [0.3, 0.4) is 0 Å². The van der Waals surface area contributed by atoms with Gasteiger partial charge in [-0.1, -0.05) is 47.6 Å². The van der Waals surface area contributed by atoms with Gasteiger partial charge in [0.05, 0.1) is 10.8 Å². The number of rotatable bonds is 5. The van der Waals surface area contributed by atoms with Crippen LogP contribution in [0.15, 0.2) is 63.1 Å². The zero-order valence-electron chi connectivity index (χ0n) is 15.3. The highest BCUT2D eigenvalue weighted by molar-refractivity contribution is 7.99. The summed E-state index contributed by atoms with van der Waals surface area (Å²) in [5, 5.41) is 0.639. The Balaban J connectivity index is 1.34. The smallest absolute Gasteiger partial charge is 0.257 e. The van der Waals surface area contributed by atoms with E-state index in [1.54, 1.807) is 23.1 Å². The summed E-state index contributed by atoms with van der Waals surface area (Å²) >= 11 is 7.28. The molecule has 152 valence electrons. The van der Waals surface area contributed by atoms with Crippen LogP contribution in [0.2, 0.25) is 5.02 Å². The molecule has 0 bridgehead atoms. The fraction of sp³-hybridized carbons (Fsp3) is 0.263. The van der Waals surface area contributed by atoms with Crippen molar-refractivity contribution in [2.75, 3.05) is 31.9 Å². The van der Waals surface area contributed by atoms with Gasteiger partial charge in [0.25, 0.3) is 5.22 Å². The number of para-hydroxylation sites is 2. The first-order valence-corrected chi connectivity index (χ1v) is 11.8. The Bertz CT molecular complexity index is 1110. The second-order valence-corrected chi connectivity index (χ2v) is 9.69. The maximum absolute atomic E-state index is 12.8. The van der Waals surface area contributed by atoms with E-state index in [-0.39, 0.29) is 34.7 Å². The predicted octanol–water partition coefficient (Wildman–Crippen LogP) is 3.11. The third-order valence-corrected chi connectivity index (χ3v) is 7.85. The van der Waals surface area contributed by atoms with Crippen molar-refractivity contribution < 1.29 is 17.6 Å². The molecule has 0 radical (unpaired) electrons. The molecule has 0 aliphatic carbocycles. The van der Waals surface area contributed by atoms with Crippen molar-refractivity contribution in [1.29, 1.82) is 0 Å². The summed E-state index contributed by atoms with van der Waals surface area (Å²) in [6, 6.07) is 13.8. The van der Waals surface area contributed by atoms with E-state index < -0.39 is 10.0 Å². The molecule has 29 heavy (non-hydrogen) atoms. The van der Waals surface area contributed by atoms with Crippen molar-refractivity contribution in [3.8, 4) is 0 Å². The summed E-state index contributed by atoms with van der Waals surface area (Å²) < 4.78 is 32.6. The molecule has 0 saturated carbocycles. The summed E-state index contributed by atoms with van der Waals surface area (Å²) in [7, 11) is -3.68. The normalized spacial score (nSPS) is 15.7. The average molecular weight is 452 g/mol. The van der Waals surface area contributed by atoms with Gasteiger partial charge in [0, 0.05) is 26.2 Å². The lowest BCUT2D eigenvalue weighted by atomic mass is 10.3. The van der Waals surface area contributed by atoms with E-state index in [0.717, 1.165) is 5.52 Å². The van der Waals surface area contributed by atoms with E-state index in [1.165, 1.54) is 22.1 Å². The van der Waals surface area contributed by atoms with Crippen LogP contribution in [-0.2, 0) is 14.8 Å². The molecule has 2 aromatic carbocycles. The summed E-state index contributed by atoms with van der Waals surface area (Å²) in [6.07, 6.45) is 0. The molecule has 1 aliphatic heterocycles. The summed E-state index contributed by atoms with van der Waals surface area (Å²) in [5.74, 6) is 0.108. The largest absolute Gasteiger partial charge is 0.431 e. The minimum absolute atomic E-state index is 0.0768. The Labute approximate surface area is 177 Å². The van der Waals surface area contributed by atoms with Gasteiger partial charge in [-0.3, -0.25) is 4.79 Å². The van der Waals surface area contributed by atoms with Gasteiger partial charge in [-0.25, -0.2) is 13.4 Å². The molecule has 7 nitrogen and oxygen atoms in total. The van der Waals surface area contributed by atoms with Gasteiger partial charge < -0.3 is 9.32 Å². The van der Waals surface area contributed by atoms with Crippen molar-refractivity contribution in [1.82, 2.24) is 14.2 Å². The second kappa shape index (κ2) is 8.35. The summed E-state index contributed by atoms with van der Waals surface area (Å²) in [5.41, 5.74) is 1.43. The van der Waals surface area contributed by atoms with E-state index in [2.05, 4.69) is 4.98 Å². The van der Waals surface area contributed by atoms with Gasteiger partial charge in [-0.05, 0) is 24.3 Å². The van der Waals surface area contributed by atoms with Gasteiger partial charge >= 0.3 is 0 Å². The number of oxazole rings is 1. The van der Waals surface area contributed by atoms with E-state index >= 15 is 0 Å². The van der Waals surface area contributed by atoms with Crippen LogP contribution in [0.25, 0.3) is 11.1 Å². The van der Waals surface area contributed by atoms with Gasteiger partial charge in [-0.2, -0.15) is 4.31 Å². The molecule has 1 aliphatic rings. The zero-order valence-corrected chi connectivity index (χ0v) is 17.7. The molecule has 1 saturated heterocycles. The third-order valence-electron chi connectivity index (χ3n) is 4.64. The van der Waals surface area contributed by atoms with Gasteiger partial charge in [0.15, 0.2) is 5.58 Å². The van der Waals surface area contributed by atoms with Crippen LogP contribution in [0.4, 0.5) is 0 Å². The fourth-order valence-electron chi connectivity index (χ4n) is 3.10. The van der Waals surface area contributed by atoms with Gasteiger partial charge in [-0.15, -0.1) is 0 Å². The number of thioether (sulfide) groups is 1. The highest BCUT2D eigenvalue weighted by Crippen LogP contribution is 2.26. The average Bonchev–Trinajstić information content (AvgIpc) is 3.15. The SMILES string of the molecule is O=C(CSc1nc2ccccc2o1)N1CCN(S(=O)(=O)c2ccccc2Cl)CC1. The number of halogens is 1. The Morgan fingerprint density at radius 3 is 2.48 bits per heavy atom. The number of sulfonamides is 1. The molecule has 2 heterocycles. The molecule has 0 spiro atoms. The highest BCUT2D eigenvalue weighted by Gasteiger charge is 2.31. The van der Waals surface area contributed by atoms with E-state index in [0.29, 0.717) is 23.9 Å². The third kappa shape index (κ3) is 4.28. The predicted molar refractivity (Wildman–Crippen MR) is 112 cm³/mol. The molecule has 1 amide bonds. The molecule has 0 atom stereocenters. The maximum Gasteiger partial charge on any atom is 0.257 e. The first kappa shape index (κ1) is 20.2. The van der Waals surface area contributed by atoms with E-state index in [4.69, 9.17) is 16.0 Å². The second-order valence-electron chi connectivity index (χ2n) is 6.45. The summed E-state index contributed by atoms with van der Waals surface area (Å²) in [6.45, 7) is 1.12. The van der Waals surface area contributed by atoms with Crippen molar-refractivity contribution in [3.63, 3.8) is 0 Å². The number of carbonyl (C=O) groups excluding carboxylic acids is 1. The molecule has 0 unspecified atom stereocenters. The number of nitrogens with zero attached hydrogens (tertiary/aromatic N) is 3. The molecule has 3 aromatic rings. The van der Waals surface area contributed by atoms with Crippen LogP contribution in [0.1, 0.15) is 0 Å². The van der Waals surface area contributed by atoms with Crippen LogP contribution in [-0.4, -0.2) is 60.4 Å². The number of fused-ring (bicyclic) bond motifs is 1.